The summed E-state index contributed by atoms with van der Waals surface area (Å²) in [5.41, 5.74) is -0.655. The van der Waals surface area contributed by atoms with E-state index in [9.17, 15) is 13.8 Å². The van der Waals surface area contributed by atoms with Gasteiger partial charge in [-0.15, -0.1) is 0 Å². The fourth-order valence-electron chi connectivity index (χ4n) is 1.72. The Kier molecular flexibility index (Phi) is 8.27. The van der Waals surface area contributed by atoms with Gasteiger partial charge in [0, 0.05) is 0 Å². The highest BCUT2D eigenvalue weighted by Crippen LogP contribution is 2.09. The second kappa shape index (κ2) is 9.68. The van der Waals surface area contributed by atoms with Crippen LogP contribution < -0.4 is 10.0 Å². The fraction of sp³-hybridized carbons (Fsp3) is 0.500. The molecule has 0 fully saturated rings. The monoisotopic (exact) mass is 372 g/mol. The van der Waals surface area contributed by atoms with Crippen molar-refractivity contribution in [3.63, 3.8) is 0 Å². The van der Waals surface area contributed by atoms with Gasteiger partial charge in [0.2, 0.25) is 0 Å². The van der Waals surface area contributed by atoms with Gasteiger partial charge in [-0.25, -0.2) is 9.00 Å². The number of benzene rings is 1. The molecule has 0 spiro atoms. The van der Waals surface area contributed by atoms with E-state index in [0.29, 0.717) is 17.1 Å². The summed E-state index contributed by atoms with van der Waals surface area (Å²) in [5.74, 6) is 0.170. The molecule has 0 saturated heterocycles. The fourth-order valence-corrected chi connectivity index (χ4v) is 3.04. The molecule has 2 atom stereocenters. The van der Waals surface area contributed by atoms with Gasteiger partial charge in [0.05, 0.1) is 4.90 Å². The molecule has 0 aliphatic heterocycles. The van der Waals surface area contributed by atoms with E-state index >= 15 is 0 Å². The highest BCUT2D eigenvalue weighted by atomic mass is 32.2. The molecular formula is C16H24N2O4S2. The molecule has 1 aromatic rings. The molecule has 6 nitrogen and oxygen atoms in total. The van der Waals surface area contributed by atoms with Gasteiger partial charge in [0.25, 0.3) is 5.91 Å². The van der Waals surface area contributed by atoms with Gasteiger partial charge in [-0.1, -0.05) is 18.2 Å². The van der Waals surface area contributed by atoms with Crippen molar-refractivity contribution in [3.05, 3.63) is 30.3 Å². The second-order valence-corrected chi connectivity index (χ2v) is 8.23. The molecule has 1 rings (SSSR count). The Morgan fingerprint density at radius 2 is 1.88 bits per heavy atom. The van der Waals surface area contributed by atoms with E-state index in [1.807, 2.05) is 6.26 Å². The van der Waals surface area contributed by atoms with Gasteiger partial charge in [-0.2, -0.15) is 11.8 Å². The van der Waals surface area contributed by atoms with E-state index in [0.717, 1.165) is 0 Å². The van der Waals surface area contributed by atoms with E-state index in [-0.39, 0.29) is 0 Å². The summed E-state index contributed by atoms with van der Waals surface area (Å²) in [6.45, 7) is 5.23. The van der Waals surface area contributed by atoms with Crippen LogP contribution in [0.4, 0.5) is 4.79 Å². The van der Waals surface area contributed by atoms with Gasteiger partial charge in [0.15, 0.2) is 11.0 Å². The predicted molar refractivity (Wildman–Crippen MR) is 97.1 cm³/mol. The normalized spacial score (nSPS) is 13.7. The van der Waals surface area contributed by atoms with Crippen LogP contribution in [0.25, 0.3) is 0 Å². The summed E-state index contributed by atoms with van der Waals surface area (Å²) >= 11 is 1.55. The summed E-state index contributed by atoms with van der Waals surface area (Å²) in [4.78, 5) is 24.7. The lowest BCUT2D eigenvalue weighted by Crippen LogP contribution is -2.48. The zero-order valence-electron chi connectivity index (χ0n) is 14.3. The van der Waals surface area contributed by atoms with Gasteiger partial charge in [-0.3, -0.25) is 9.52 Å². The second-order valence-electron chi connectivity index (χ2n) is 6.03. The van der Waals surface area contributed by atoms with Crippen molar-refractivity contribution in [3.8, 4) is 0 Å². The minimum absolute atomic E-state index is 0.415. The molecule has 0 aliphatic carbocycles. The minimum atomic E-state index is -1.67. The summed E-state index contributed by atoms with van der Waals surface area (Å²) in [6.07, 6.45) is 1.65. The number of alkyl carbamates (subject to hydrolysis) is 1. The largest absolute Gasteiger partial charge is 0.444 e. The van der Waals surface area contributed by atoms with Crippen molar-refractivity contribution >= 4 is 34.7 Å². The number of thioether (sulfide) groups is 1. The number of nitrogens with one attached hydrogen (secondary N) is 2. The average molecular weight is 373 g/mol. The third-order valence-electron chi connectivity index (χ3n) is 2.77. The first-order valence-corrected chi connectivity index (χ1v) is 10.0. The molecule has 2 amide bonds. The Labute approximate surface area is 149 Å². The van der Waals surface area contributed by atoms with Gasteiger partial charge in [0.1, 0.15) is 11.6 Å². The molecule has 0 aromatic heterocycles. The Balaban J connectivity index is 2.70. The Hall–Kier alpha value is -1.54. The maximum atomic E-state index is 12.4. The van der Waals surface area contributed by atoms with E-state index in [2.05, 4.69) is 10.0 Å². The molecule has 0 heterocycles. The number of carbonyl (C=O) groups is 2. The molecule has 134 valence electrons. The standard InChI is InChI=1S/C16H24N2O4S2/c1-16(2,3)22-15(20)17-13(10-11-23-4)14(19)18-24(21)12-8-6-5-7-9-12/h5-9,13H,10-11H2,1-4H3,(H,17,20)(H,18,19). The summed E-state index contributed by atoms with van der Waals surface area (Å²) in [5, 5.41) is 2.54. The van der Waals surface area contributed by atoms with Crippen molar-refractivity contribution in [2.24, 2.45) is 0 Å². The minimum Gasteiger partial charge on any atom is -0.444 e. The van der Waals surface area contributed by atoms with Crippen LogP contribution in [0.15, 0.2) is 35.2 Å². The highest BCUT2D eigenvalue weighted by molar-refractivity contribution is 7.98. The lowest BCUT2D eigenvalue weighted by atomic mass is 10.2. The van der Waals surface area contributed by atoms with Crippen molar-refractivity contribution in [1.29, 1.82) is 0 Å². The lowest BCUT2D eigenvalue weighted by Gasteiger charge is -2.23. The van der Waals surface area contributed by atoms with Crippen LogP contribution in [0.1, 0.15) is 27.2 Å². The molecule has 0 bridgehead atoms. The first-order chi connectivity index (χ1) is 11.2. The number of carbonyl (C=O) groups excluding carboxylic acids is 2. The topological polar surface area (TPSA) is 84.5 Å². The first kappa shape index (κ1) is 20.5. The third-order valence-corrected chi connectivity index (χ3v) is 4.50. The highest BCUT2D eigenvalue weighted by Gasteiger charge is 2.25. The van der Waals surface area contributed by atoms with Crippen LogP contribution in [0.5, 0.6) is 0 Å². The summed E-state index contributed by atoms with van der Waals surface area (Å²) < 4.78 is 19.8. The molecule has 1 aromatic carbocycles. The molecule has 0 radical (unpaired) electrons. The Bertz CT molecular complexity index is 573. The van der Waals surface area contributed by atoms with Crippen LogP contribution in [-0.4, -0.2) is 39.9 Å². The maximum absolute atomic E-state index is 12.4. The molecule has 2 unspecified atom stereocenters. The zero-order chi connectivity index (χ0) is 18.2. The molecule has 0 aliphatic rings. The summed E-state index contributed by atoms with van der Waals surface area (Å²) in [7, 11) is -1.67. The SMILES string of the molecule is CSCCC(NC(=O)OC(C)(C)C)C(=O)NS(=O)c1ccccc1. The number of hydrogen-bond acceptors (Lipinski definition) is 5. The molecular weight excluding hydrogens is 348 g/mol. The van der Waals surface area contributed by atoms with Gasteiger partial charge >= 0.3 is 6.09 Å². The molecule has 0 saturated carbocycles. The Morgan fingerprint density at radius 1 is 1.25 bits per heavy atom. The molecule has 2 N–H and O–H groups in total. The van der Waals surface area contributed by atoms with Crippen LogP contribution in [0.2, 0.25) is 0 Å². The predicted octanol–water partition coefficient (Wildman–Crippen LogP) is 2.47. The van der Waals surface area contributed by atoms with Crippen molar-refractivity contribution < 1.29 is 18.5 Å². The van der Waals surface area contributed by atoms with E-state index in [4.69, 9.17) is 4.74 Å². The van der Waals surface area contributed by atoms with Crippen LogP contribution in [-0.2, 0) is 20.5 Å². The van der Waals surface area contributed by atoms with Gasteiger partial charge in [-0.05, 0) is 51.3 Å². The maximum Gasteiger partial charge on any atom is 0.408 e. The first-order valence-electron chi connectivity index (χ1n) is 7.48. The molecule has 24 heavy (non-hydrogen) atoms. The third kappa shape index (κ3) is 7.83. The average Bonchev–Trinajstić information content (AvgIpc) is 2.50. The lowest BCUT2D eigenvalue weighted by molar-refractivity contribution is -0.121. The van der Waals surface area contributed by atoms with Crippen LogP contribution in [0, 0.1) is 0 Å². The number of rotatable bonds is 7. The van der Waals surface area contributed by atoms with Crippen molar-refractivity contribution in [2.75, 3.05) is 12.0 Å². The van der Waals surface area contributed by atoms with E-state index in [1.54, 1.807) is 62.9 Å². The van der Waals surface area contributed by atoms with Crippen LogP contribution in [0.3, 0.4) is 0 Å². The number of ether oxygens (including phenoxy) is 1. The number of hydrogen-bond donors (Lipinski definition) is 2. The van der Waals surface area contributed by atoms with Crippen molar-refractivity contribution in [1.82, 2.24) is 10.0 Å². The Morgan fingerprint density at radius 3 is 2.42 bits per heavy atom. The van der Waals surface area contributed by atoms with Gasteiger partial charge < -0.3 is 10.1 Å². The van der Waals surface area contributed by atoms with Crippen LogP contribution >= 0.6 is 11.8 Å². The number of amides is 2. The molecule has 8 heteroatoms. The summed E-state index contributed by atoms with van der Waals surface area (Å²) in [6, 6.07) is 7.80. The van der Waals surface area contributed by atoms with Crippen molar-refractivity contribution in [2.45, 2.75) is 43.7 Å². The zero-order valence-corrected chi connectivity index (χ0v) is 16.0. The van der Waals surface area contributed by atoms with E-state index in [1.165, 1.54) is 0 Å². The smallest absolute Gasteiger partial charge is 0.408 e. The van der Waals surface area contributed by atoms with E-state index < -0.39 is 34.6 Å². The quantitative estimate of drug-likeness (QED) is 0.768.